The molecule has 3 aromatic carbocycles. The van der Waals surface area contributed by atoms with Gasteiger partial charge in [0.05, 0.1) is 28.6 Å². The number of benzene rings is 3. The minimum Gasteiger partial charge on any atom is -0.490 e. The molecule has 0 N–H and O–H groups in total. The maximum atomic E-state index is 13.4. The highest BCUT2D eigenvalue weighted by molar-refractivity contribution is 9.10. The third kappa shape index (κ3) is 6.54. The summed E-state index contributed by atoms with van der Waals surface area (Å²) in [5.74, 6) is 0.685. The number of fused-ring (bicyclic) bond motifs is 1. The molecular formula is C28H26Br2N4O5. The number of hydrogen-bond acceptors (Lipinski definition) is 7. The van der Waals surface area contributed by atoms with Crippen LogP contribution in [-0.4, -0.2) is 27.4 Å². The van der Waals surface area contributed by atoms with Crippen molar-refractivity contribution in [1.29, 1.82) is 0 Å². The molecule has 9 nitrogen and oxygen atoms in total. The van der Waals surface area contributed by atoms with Crippen molar-refractivity contribution in [1.82, 2.24) is 9.66 Å². The summed E-state index contributed by atoms with van der Waals surface area (Å²) < 4.78 is 14.5. The smallest absolute Gasteiger partial charge is 0.315 e. The predicted molar refractivity (Wildman–Crippen MR) is 158 cm³/mol. The summed E-state index contributed by atoms with van der Waals surface area (Å²) in [5.41, 5.74) is 1.19. The molecular weight excluding hydrogens is 632 g/mol. The van der Waals surface area contributed by atoms with Gasteiger partial charge in [-0.15, -0.1) is 0 Å². The molecule has 0 fully saturated rings. The zero-order valence-electron chi connectivity index (χ0n) is 21.6. The van der Waals surface area contributed by atoms with Gasteiger partial charge in [-0.05, 0) is 55.3 Å². The third-order valence-corrected chi connectivity index (χ3v) is 7.08. The van der Waals surface area contributed by atoms with Crippen molar-refractivity contribution in [3.63, 3.8) is 0 Å². The van der Waals surface area contributed by atoms with E-state index in [0.29, 0.717) is 22.3 Å². The molecule has 0 saturated heterocycles. The molecule has 0 saturated carbocycles. The quantitative estimate of drug-likeness (QED) is 0.101. The lowest BCUT2D eigenvalue weighted by molar-refractivity contribution is -0.386. The summed E-state index contributed by atoms with van der Waals surface area (Å²) in [7, 11) is 0. The molecule has 0 unspecified atom stereocenters. The Hall–Kier alpha value is -3.57. The van der Waals surface area contributed by atoms with Gasteiger partial charge in [-0.2, -0.15) is 9.78 Å². The largest absolute Gasteiger partial charge is 0.490 e. The second-order valence-corrected chi connectivity index (χ2v) is 10.6. The number of aromatic nitrogens is 2. The molecule has 4 rings (SSSR count). The molecule has 1 atom stereocenters. The number of halogens is 2. The van der Waals surface area contributed by atoms with Gasteiger partial charge in [-0.3, -0.25) is 14.9 Å². The molecule has 0 spiro atoms. The van der Waals surface area contributed by atoms with Gasteiger partial charge in [0.2, 0.25) is 5.75 Å². The van der Waals surface area contributed by atoms with Crippen molar-refractivity contribution in [3.05, 3.63) is 101 Å². The number of rotatable bonds is 10. The lowest BCUT2D eigenvalue weighted by Crippen LogP contribution is -2.23. The van der Waals surface area contributed by atoms with Gasteiger partial charge in [0, 0.05) is 26.5 Å². The van der Waals surface area contributed by atoms with E-state index in [0.717, 1.165) is 20.9 Å². The lowest BCUT2D eigenvalue weighted by Gasteiger charge is -2.14. The van der Waals surface area contributed by atoms with Crippen molar-refractivity contribution in [2.24, 2.45) is 5.10 Å². The Morgan fingerprint density at radius 1 is 1.08 bits per heavy atom. The van der Waals surface area contributed by atoms with E-state index in [-0.39, 0.29) is 41.9 Å². The number of nitro groups is 1. The highest BCUT2D eigenvalue weighted by atomic mass is 79.9. The Balaban J connectivity index is 1.78. The van der Waals surface area contributed by atoms with Crippen LogP contribution < -0.4 is 15.0 Å². The van der Waals surface area contributed by atoms with E-state index in [2.05, 4.69) is 37.0 Å². The van der Waals surface area contributed by atoms with Gasteiger partial charge in [0.25, 0.3) is 5.56 Å². The number of ether oxygens (including phenoxy) is 2. The molecule has 0 amide bonds. The summed E-state index contributed by atoms with van der Waals surface area (Å²) in [4.78, 5) is 29.6. The first-order chi connectivity index (χ1) is 18.7. The summed E-state index contributed by atoms with van der Waals surface area (Å²) in [6.45, 7) is 6.14. The maximum Gasteiger partial charge on any atom is 0.315 e. The summed E-state index contributed by atoms with van der Waals surface area (Å²) in [5, 5.41) is 16.9. The molecule has 11 heteroatoms. The second kappa shape index (κ2) is 12.5. The van der Waals surface area contributed by atoms with Crippen LogP contribution in [-0.2, 0) is 6.61 Å². The zero-order chi connectivity index (χ0) is 28.1. The standard InChI is InChI=1S/C28H26Br2N4O5/c1-4-17(3)27-32-23-11-10-21(30)14-22(23)28(35)33(27)31-15-19-12-24(34(36)37)26(25(13-19)38-5-2)39-16-18-6-8-20(29)9-7-18/h6-15,17H,4-5,16H2,1-3H3/t17-/m0/s1. The Kier molecular flexibility index (Phi) is 9.13. The van der Waals surface area contributed by atoms with Crippen LogP contribution in [0.3, 0.4) is 0 Å². The Morgan fingerprint density at radius 2 is 1.79 bits per heavy atom. The topological polar surface area (TPSA) is 109 Å². The first-order valence-electron chi connectivity index (χ1n) is 12.3. The average molecular weight is 658 g/mol. The van der Waals surface area contributed by atoms with E-state index in [1.807, 2.05) is 44.2 Å². The third-order valence-electron chi connectivity index (χ3n) is 6.06. The van der Waals surface area contributed by atoms with Crippen LogP contribution in [0.2, 0.25) is 0 Å². The minimum absolute atomic E-state index is 0.0246. The van der Waals surface area contributed by atoms with Crippen LogP contribution >= 0.6 is 31.9 Å². The van der Waals surface area contributed by atoms with Crippen molar-refractivity contribution in [2.45, 2.75) is 39.7 Å². The van der Waals surface area contributed by atoms with Crippen LogP contribution in [0.25, 0.3) is 10.9 Å². The van der Waals surface area contributed by atoms with Crippen molar-refractivity contribution < 1.29 is 14.4 Å². The Bertz CT molecular complexity index is 1600. The SMILES string of the molecule is CCOc1cc(C=Nn2c([C@@H](C)CC)nc3ccc(Br)cc3c2=O)cc([N+](=O)[O-])c1OCc1ccc(Br)cc1. The molecule has 1 heterocycles. The predicted octanol–water partition coefficient (Wildman–Crippen LogP) is 7.20. The zero-order valence-corrected chi connectivity index (χ0v) is 24.7. The van der Waals surface area contributed by atoms with Crippen LogP contribution in [0, 0.1) is 10.1 Å². The monoisotopic (exact) mass is 656 g/mol. The summed E-state index contributed by atoms with van der Waals surface area (Å²) >= 11 is 6.79. The van der Waals surface area contributed by atoms with Crippen molar-refractivity contribution in [3.8, 4) is 11.5 Å². The first-order valence-corrected chi connectivity index (χ1v) is 13.9. The highest BCUT2D eigenvalue weighted by Crippen LogP contribution is 2.39. The van der Waals surface area contributed by atoms with Crippen molar-refractivity contribution >= 4 is 54.7 Å². The number of nitrogens with zero attached hydrogens (tertiary/aromatic N) is 4. The second-order valence-electron chi connectivity index (χ2n) is 8.77. The van der Waals surface area contributed by atoms with Gasteiger partial charge in [0.1, 0.15) is 12.4 Å². The van der Waals surface area contributed by atoms with Gasteiger partial charge in [0.15, 0.2) is 5.75 Å². The average Bonchev–Trinajstić information content (AvgIpc) is 2.92. The molecule has 0 aliphatic carbocycles. The molecule has 0 aliphatic rings. The first kappa shape index (κ1) is 28.4. The van der Waals surface area contributed by atoms with E-state index in [1.165, 1.54) is 17.0 Å². The highest BCUT2D eigenvalue weighted by Gasteiger charge is 2.23. The minimum atomic E-state index is -0.525. The van der Waals surface area contributed by atoms with Crippen LogP contribution in [0.1, 0.15) is 50.1 Å². The number of hydrogen-bond donors (Lipinski definition) is 0. The van der Waals surface area contributed by atoms with Gasteiger partial charge in [-0.1, -0.05) is 57.8 Å². The molecule has 0 bridgehead atoms. The van der Waals surface area contributed by atoms with Crippen LogP contribution in [0.4, 0.5) is 5.69 Å². The number of nitro benzene ring substituents is 1. The van der Waals surface area contributed by atoms with E-state index in [4.69, 9.17) is 14.5 Å². The van der Waals surface area contributed by atoms with Gasteiger partial charge >= 0.3 is 5.69 Å². The van der Waals surface area contributed by atoms with E-state index in [1.54, 1.807) is 25.1 Å². The van der Waals surface area contributed by atoms with Gasteiger partial charge in [-0.25, -0.2) is 4.98 Å². The normalized spacial score (nSPS) is 12.1. The van der Waals surface area contributed by atoms with Crippen molar-refractivity contribution in [2.75, 3.05) is 6.61 Å². The van der Waals surface area contributed by atoms with Crippen LogP contribution in [0.5, 0.6) is 11.5 Å². The van der Waals surface area contributed by atoms with E-state index in [9.17, 15) is 14.9 Å². The van der Waals surface area contributed by atoms with Gasteiger partial charge < -0.3 is 9.47 Å². The van der Waals surface area contributed by atoms with E-state index >= 15 is 0 Å². The fraction of sp³-hybridized carbons (Fsp3) is 0.250. The molecule has 1 aromatic heterocycles. The Labute approximate surface area is 241 Å². The fourth-order valence-corrected chi connectivity index (χ4v) is 4.49. The fourth-order valence-electron chi connectivity index (χ4n) is 3.87. The van der Waals surface area contributed by atoms with E-state index < -0.39 is 4.92 Å². The molecule has 0 radical (unpaired) electrons. The van der Waals surface area contributed by atoms with Crippen LogP contribution in [0.15, 0.2) is 73.4 Å². The molecule has 39 heavy (non-hydrogen) atoms. The summed E-state index contributed by atoms with van der Waals surface area (Å²) in [6.07, 6.45) is 2.14. The molecule has 0 aliphatic heterocycles. The molecule has 202 valence electrons. The maximum absolute atomic E-state index is 13.4. The Morgan fingerprint density at radius 3 is 2.46 bits per heavy atom. The molecule has 4 aromatic rings. The summed E-state index contributed by atoms with van der Waals surface area (Å²) in [6, 6.07) is 15.7. The lowest BCUT2D eigenvalue weighted by atomic mass is 10.1.